The van der Waals surface area contributed by atoms with E-state index in [0.717, 1.165) is 0 Å². The number of hydrogen-bond donors (Lipinski definition) is 0. The van der Waals surface area contributed by atoms with Crippen LogP contribution in [0, 0.1) is 5.82 Å². The zero-order chi connectivity index (χ0) is 14.7. The number of ether oxygens (including phenoxy) is 1. The van der Waals surface area contributed by atoms with E-state index in [2.05, 4.69) is 15.9 Å². The molecule has 7 heteroatoms. The summed E-state index contributed by atoms with van der Waals surface area (Å²) in [4.78, 5) is 26.2. The predicted octanol–water partition coefficient (Wildman–Crippen LogP) is 2.39. The highest BCUT2D eigenvalue weighted by Crippen LogP contribution is 2.26. The molecular formula is C13H14BrFN2O3. The molecule has 0 spiro atoms. The van der Waals surface area contributed by atoms with E-state index in [-0.39, 0.29) is 24.9 Å². The molecule has 1 saturated heterocycles. The third-order valence-electron chi connectivity index (χ3n) is 2.92. The van der Waals surface area contributed by atoms with Gasteiger partial charge in [0, 0.05) is 17.6 Å². The first-order valence-electron chi connectivity index (χ1n) is 6.20. The third kappa shape index (κ3) is 3.09. The first kappa shape index (κ1) is 14.8. The predicted molar refractivity (Wildman–Crippen MR) is 75.0 cm³/mol. The van der Waals surface area contributed by atoms with Gasteiger partial charge in [-0.05, 0) is 25.1 Å². The second-order valence-corrected chi connectivity index (χ2v) is 5.17. The van der Waals surface area contributed by atoms with E-state index in [0.29, 0.717) is 17.6 Å². The number of esters is 1. The lowest BCUT2D eigenvalue weighted by molar-refractivity contribution is -0.143. The minimum absolute atomic E-state index is 0.110. The maximum Gasteiger partial charge on any atom is 0.325 e. The molecule has 1 aromatic carbocycles. The number of carbonyl (C=O) groups excluding carboxylic acids is 2. The molecule has 1 fully saturated rings. The molecule has 108 valence electrons. The van der Waals surface area contributed by atoms with Gasteiger partial charge in [-0.3, -0.25) is 9.69 Å². The van der Waals surface area contributed by atoms with E-state index in [1.54, 1.807) is 13.0 Å². The number of nitrogens with zero attached hydrogens (tertiary/aromatic N) is 2. The van der Waals surface area contributed by atoms with Crippen LogP contribution in [0.5, 0.6) is 0 Å². The van der Waals surface area contributed by atoms with Crippen molar-refractivity contribution in [2.75, 3.05) is 31.1 Å². The maximum absolute atomic E-state index is 13.9. The summed E-state index contributed by atoms with van der Waals surface area (Å²) in [5.41, 5.74) is 0.213. The van der Waals surface area contributed by atoms with Crippen LogP contribution in [0.25, 0.3) is 0 Å². The second kappa shape index (κ2) is 6.21. The Morgan fingerprint density at radius 3 is 2.85 bits per heavy atom. The summed E-state index contributed by atoms with van der Waals surface area (Å²) in [6, 6.07) is 4.11. The fourth-order valence-corrected chi connectivity index (χ4v) is 2.35. The van der Waals surface area contributed by atoms with Crippen molar-refractivity contribution in [3.05, 3.63) is 28.5 Å². The van der Waals surface area contributed by atoms with Crippen molar-refractivity contribution >= 4 is 33.6 Å². The zero-order valence-electron chi connectivity index (χ0n) is 10.9. The second-order valence-electron chi connectivity index (χ2n) is 4.26. The van der Waals surface area contributed by atoms with Gasteiger partial charge in [-0.1, -0.05) is 15.9 Å². The smallest absolute Gasteiger partial charge is 0.325 e. The molecule has 2 amide bonds. The van der Waals surface area contributed by atoms with E-state index < -0.39 is 11.8 Å². The summed E-state index contributed by atoms with van der Waals surface area (Å²) >= 11 is 3.17. The molecule has 2 rings (SSSR count). The van der Waals surface area contributed by atoms with E-state index >= 15 is 0 Å². The average molecular weight is 345 g/mol. The summed E-state index contributed by atoms with van der Waals surface area (Å²) in [6.07, 6.45) is 0. The zero-order valence-corrected chi connectivity index (χ0v) is 12.5. The van der Waals surface area contributed by atoms with Gasteiger partial charge in [0.2, 0.25) is 0 Å². The van der Waals surface area contributed by atoms with Crippen molar-refractivity contribution in [1.82, 2.24) is 4.90 Å². The lowest BCUT2D eigenvalue weighted by atomic mass is 10.3. The average Bonchev–Trinajstić information content (AvgIpc) is 2.72. The summed E-state index contributed by atoms with van der Waals surface area (Å²) in [6.45, 7) is 2.57. The number of carbonyl (C=O) groups is 2. The van der Waals surface area contributed by atoms with E-state index in [1.807, 2.05) is 0 Å². The SMILES string of the molecule is CCOC(=O)CN1CCN(c2ccc(Br)cc2F)C1=O. The number of urea groups is 1. The Morgan fingerprint density at radius 1 is 1.45 bits per heavy atom. The third-order valence-corrected chi connectivity index (χ3v) is 3.41. The van der Waals surface area contributed by atoms with Crippen LogP contribution < -0.4 is 4.90 Å². The summed E-state index contributed by atoms with van der Waals surface area (Å²) in [5.74, 6) is -0.940. The first-order chi connectivity index (χ1) is 9.52. The van der Waals surface area contributed by atoms with Crippen molar-refractivity contribution < 1.29 is 18.7 Å². The number of anilines is 1. The fraction of sp³-hybridized carbons (Fsp3) is 0.385. The molecule has 1 aliphatic heterocycles. The highest BCUT2D eigenvalue weighted by Gasteiger charge is 2.32. The molecule has 0 radical (unpaired) electrons. The van der Waals surface area contributed by atoms with Gasteiger partial charge >= 0.3 is 12.0 Å². The van der Waals surface area contributed by atoms with Crippen LogP contribution in [0.1, 0.15) is 6.92 Å². The minimum atomic E-state index is -0.481. The van der Waals surface area contributed by atoms with E-state index in [9.17, 15) is 14.0 Å². The molecule has 0 N–H and O–H groups in total. The monoisotopic (exact) mass is 344 g/mol. The molecule has 0 aromatic heterocycles. The highest BCUT2D eigenvalue weighted by molar-refractivity contribution is 9.10. The Hall–Kier alpha value is -1.63. The van der Waals surface area contributed by atoms with Crippen molar-refractivity contribution in [2.45, 2.75) is 6.92 Å². The first-order valence-corrected chi connectivity index (χ1v) is 6.99. The van der Waals surface area contributed by atoms with Gasteiger partial charge < -0.3 is 9.64 Å². The van der Waals surface area contributed by atoms with Gasteiger partial charge in [0.25, 0.3) is 0 Å². The van der Waals surface area contributed by atoms with Gasteiger partial charge in [0.15, 0.2) is 0 Å². The summed E-state index contributed by atoms with van der Waals surface area (Å²) in [5, 5.41) is 0. The summed E-state index contributed by atoms with van der Waals surface area (Å²) in [7, 11) is 0. The van der Waals surface area contributed by atoms with Crippen molar-refractivity contribution in [1.29, 1.82) is 0 Å². The van der Waals surface area contributed by atoms with Crippen molar-refractivity contribution in [3.8, 4) is 0 Å². The van der Waals surface area contributed by atoms with Crippen LogP contribution in [0.4, 0.5) is 14.9 Å². The molecule has 20 heavy (non-hydrogen) atoms. The molecule has 0 atom stereocenters. The van der Waals surface area contributed by atoms with Crippen molar-refractivity contribution in [2.24, 2.45) is 0 Å². The van der Waals surface area contributed by atoms with Crippen LogP contribution >= 0.6 is 15.9 Å². The Balaban J connectivity index is 2.09. The number of amides is 2. The van der Waals surface area contributed by atoms with E-state index in [1.165, 1.54) is 21.9 Å². The number of hydrogen-bond acceptors (Lipinski definition) is 3. The topological polar surface area (TPSA) is 49.9 Å². The molecule has 5 nitrogen and oxygen atoms in total. The highest BCUT2D eigenvalue weighted by atomic mass is 79.9. The van der Waals surface area contributed by atoms with Gasteiger partial charge in [-0.15, -0.1) is 0 Å². The Morgan fingerprint density at radius 2 is 2.20 bits per heavy atom. The van der Waals surface area contributed by atoms with Crippen LogP contribution in [0.2, 0.25) is 0 Å². The molecular weight excluding hydrogens is 331 g/mol. The summed E-state index contributed by atoms with van der Waals surface area (Å²) < 4.78 is 19.3. The molecule has 1 heterocycles. The Bertz CT molecular complexity index is 538. The van der Waals surface area contributed by atoms with Crippen LogP contribution in [0.3, 0.4) is 0 Å². The number of benzene rings is 1. The van der Waals surface area contributed by atoms with Crippen LogP contribution in [0.15, 0.2) is 22.7 Å². The number of halogens is 2. The quantitative estimate of drug-likeness (QED) is 0.788. The largest absolute Gasteiger partial charge is 0.465 e. The lowest BCUT2D eigenvalue weighted by Gasteiger charge is -2.18. The van der Waals surface area contributed by atoms with Gasteiger partial charge in [0.1, 0.15) is 12.4 Å². The van der Waals surface area contributed by atoms with Gasteiger partial charge in [0.05, 0.1) is 12.3 Å². The standard InChI is InChI=1S/C13H14BrFN2O3/c1-2-20-12(18)8-16-5-6-17(13(16)19)11-4-3-9(14)7-10(11)15/h3-4,7H,2,5-6,8H2,1H3. The van der Waals surface area contributed by atoms with Crippen LogP contribution in [-0.2, 0) is 9.53 Å². The number of rotatable bonds is 4. The Labute approximate surface area is 124 Å². The molecule has 1 aliphatic rings. The van der Waals surface area contributed by atoms with Crippen molar-refractivity contribution in [3.63, 3.8) is 0 Å². The normalized spacial score (nSPS) is 14.8. The Kier molecular flexibility index (Phi) is 4.59. The fourth-order valence-electron chi connectivity index (χ4n) is 2.02. The molecule has 0 bridgehead atoms. The maximum atomic E-state index is 13.9. The van der Waals surface area contributed by atoms with Crippen LogP contribution in [-0.4, -0.2) is 43.1 Å². The molecule has 0 saturated carbocycles. The minimum Gasteiger partial charge on any atom is -0.465 e. The van der Waals surface area contributed by atoms with Gasteiger partial charge in [-0.2, -0.15) is 0 Å². The molecule has 1 aromatic rings. The molecule has 0 unspecified atom stereocenters. The lowest BCUT2D eigenvalue weighted by Crippen LogP contribution is -2.36. The molecule has 0 aliphatic carbocycles. The van der Waals surface area contributed by atoms with E-state index in [4.69, 9.17) is 4.74 Å². The van der Waals surface area contributed by atoms with Gasteiger partial charge in [-0.25, -0.2) is 9.18 Å².